The Labute approximate surface area is 162 Å². The molecule has 0 atom stereocenters. The van der Waals surface area contributed by atoms with Gasteiger partial charge in [0.1, 0.15) is 17.0 Å². The number of amides is 1. The molecule has 0 spiro atoms. The van der Waals surface area contributed by atoms with E-state index in [0.29, 0.717) is 17.6 Å². The molecule has 0 aliphatic heterocycles. The van der Waals surface area contributed by atoms with Crippen molar-refractivity contribution in [3.63, 3.8) is 0 Å². The Bertz CT molecular complexity index is 1110. The number of rotatable bonds is 6. The van der Waals surface area contributed by atoms with Crippen molar-refractivity contribution in [2.24, 2.45) is 0 Å². The van der Waals surface area contributed by atoms with E-state index in [2.05, 4.69) is 15.6 Å². The van der Waals surface area contributed by atoms with Crippen LogP contribution >= 0.6 is 0 Å². The molecule has 3 aromatic carbocycles. The van der Waals surface area contributed by atoms with Gasteiger partial charge >= 0.3 is 0 Å². The minimum Gasteiger partial charge on any atom is -0.457 e. The third kappa shape index (κ3) is 3.86. The lowest BCUT2D eigenvalue weighted by molar-refractivity contribution is 0.0951. The van der Waals surface area contributed by atoms with Crippen molar-refractivity contribution in [3.8, 4) is 11.5 Å². The molecule has 0 radical (unpaired) electrons. The van der Waals surface area contributed by atoms with Crippen LogP contribution in [0.25, 0.3) is 11.0 Å². The first-order valence-corrected chi connectivity index (χ1v) is 9.16. The van der Waals surface area contributed by atoms with Gasteiger partial charge in [-0.25, -0.2) is 4.68 Å². The second-order valence-corrected chi connectivity index (χ2v) is 6.35. The van der Waals surface area contributed by atoms with Crippen molar-refractivity contribution in [2.45, 2.75) is 20.0 Å². The van der Waals surface area contributed by atoms with Crippen LogP contribution in [0.4, 0.5) is 0 Å². The molecule has 0 saturated carbocycles. The average molecular weight is 372 g/mol. The van der Waals surface area contributed by atoms with Crippen LogP contribution in [0.2, 0.25) is 0 Å². The molecule has 0 aliphatic carbocycles. The number of ether oxygens (including phenoxy) is 1. The number of carbonyl (C=O) groups excluding carboxylic acids is 1. The number of fused-ring (bicyclic) bond motifs is 1. The summed E-state index contributed by atoms with van der Waals surface area (Å²) in [5.41, 5.74) is 3.16. The van der Waals surface area contributed by atoms with Crippen LogP contribution in [-0.2, 0) is 13.1 Å². The number of nitrogens with one attached hydrogen (secondary N) is 1. The Morgan fingerprint density at radius 3 is 2.64 bits per heavy atom. The molecule has 1 N–H and O–H groups in total. The van der Waals surface area contributed by atoms with E-state index in [1.807, 2.05) is 67.6 Å². The molecule has 1 aromatic heterocycles. The standard InChI is InChI=1S/C22H20N4O2/c1-2-26-21-12-11-17(14-20(21)24-25-26)22(27)23-15-16-7-6-10-19(13-16)28-18-8-4-3-5-9-18/h3-14H,2,15H2,1H3,(H,23,27). The van der Waals surface area contributed by atoms with Gasteiger partial charge in [0.05, 0.1) is 5.52 Å². The second kappa shape index (κ2) is 7.92. The van der Waals surface area contributed by atoms with Crippen LogP contribution in [-0.4, -0.2) is 20.9 Å². The van der Waals surface area contributed by atoms with E-state index in [1.165, 1.54) is 0 Å². The molecule has 4 aromatic rings. The fourth-order valence-corrected chi connectivity index (χ4v) is 2.97. The number of aromatic nitrogens is 3. The zero-order valence-corrected chi connectivity index (χ0v) is 15.5. The number of carbonyl (C=O) groups is 1. The van der Waals surface area contributed by atoms with Gasteiger partial charge in [0.2, 0.25) is 0 Å². The van der Waals surface area contributed by atoms with Gasteiger partial charge in [-0.3, -0.25) is 4.79 Å². The molecule has 1 amide bonds. The van der Waals surface area contributed by atoms with Crippen molar-refractivity contribution < 1.29 is 9.53 Å². The summed E-state index contributed by atoms with van der Waals surface area (Å²) in [6.07, 6.45) is 0. The van der Waals surface area contributed by atoms with E-state index in [1.54, 1.807) is 16.8 Å². The molecule has 0 unspecified atom stereocenters. The summed E-state index contributed by atoms with van der Waals surface area (Å²) in [4.78, 5) is 12.5. The fourth-order valence-electron chi connectivity index (χ4n) is 2.97. The molecule has 0 saturated heterocycles. The molecule has 1 heterocycles. The van der Waals surface area contributed by atoms with Gasteiger partial charge in [0.15, 0.2) is 0 Å². The van der Waals surface area contributed by atoms with Gasteiger partial charge < -0.3 is 10.1 Å². The number of hydrogen-bond donors (Lipinski definition) is 1. The summed E-state index contributed by atoms with van der Waals surface area (Å²) in [6, 6.07) is 22.7. The summed E-state index contributed by atoms with van der Waals surface area (Å²) in [7, 11) is 0. The van der Waals surface area contributed by atoms with Gasteiger partial charge in [-0.1, -0.05) is 35.5 Å². The predicted octanol–water partition coefficient (Wildman–Crippen LogP) is 4.17. The molecule has 0 fully saturated rings. The number of benzene rings is 3. The predicted molar refractivity (Wildman–Crippen MR) is 107 cm³/mol. The largest absolute Gasteiger partial charge is 0.457 e. The van der Waals surface area contributed by atoms with Crippen LogP contribution in [0.1, 0.15) is 22.8 Å². The molecule has 6 heteroatoms. The minimum absolute atomic E-state index is 0.151. The summed E-state index contributed by atoms with van der Waals surface area (Å²) in [6.45, 7) is 3.15. The third-order valence-electron chi connectivity index (χ3n) is 4.41. The smallest absolute Gasteiger partial charge is 0.251 e. The Morgan fingerprint density at radius 2 is 1.82 bits per heavy atom. The molecule has 28 heavy (non-hydrogen) atoms. The van der Waals surface area contributed by atoms with Crippen molar-refractivity contribution in [1.29, 1.82) is 0 Å². The molecule has 4 rings (SSSR count). The summed E-state index contributed by atoms with van der Waals surface area (Å²) < 4.78 is 7.64. The Morgan fingerprint density at radius 1 is 1.00 bits per heavy atom. The van der Waals surface area contributed by atoms with E-state index in [0.717, 1.165) is 29.1 Å². The molecular weight excluding hydrogens is 352 g/mol. The average Bonchev–Trinajstić information content (AvgIpc) is 3.15. The van der Waals surface area contributed by atoms with E-state index in [-0.39, 0.29) is 5.91 Å². The molecule has 0 bridgehead atoms. The second-order valence-electron chi connectivity index (χ2n) is 6.35. The zero-order chi connectivity index (χ0) is 19.3. The normalized spacial score (nSPS) is 10.8. The van der Waals surface area contributed by atoms with E-state index in [9.17, 15) is 4.79 Å². The van der Waals surface area contributed by atoms with Crippen molar-refractivity contribution in [1.82, 2.24) is 20.3 Å². The highest BCUT2D eigenvalue weighted by molar-refractivity contribution is 5.97. The maximum Gasteiger partial charge on any atom is 0.251 e. The minimum atomic E-state index is -0.151. The van der Waals surface area contributed by atoms with Crippen LogP contribution in [0.3, 0.4) is 0 Å². The summed E-state index contributed by atoms with van der Waals surface area (Å²) >= 11 is 0. The van der Waals surface area contributed by atoms with Crippen LogP contribution in [0, 0.1) is 0 Å². The third-order valence-corrected chi connectivity index (χ3v) is 4.41. The monoisotopic (exact) mass is 372 g/mol. The molecular formula is C22H20N4O2. The van der Waals surface area contributed by atoms with Gasteiger partial charge in [-0.05, 0) is 55.0 Å². The first-order chi connectivity index (χ1) is 13.7. The van der Waals surface area contributed by atoms with Crippen LogP contribution < -0.4 is 10.1 Å². The highest BCUT2D eigenvalue weighted by atomic mass is 16.5. The quantitative estimate of drug-likeness (QED) is 0.551. The highest BCUT2D eigenvalue weighted by Gasteiger charge is 2.10. The zero-order valence-electron chi connectivity index (χ0n) is 15.5. The van der Waals surface area contributed by atoms with E-state index in [4.69, 9.17) is 4.74 Å². The van der Waals surface area contributed by atoms with E-state index < -0.39 is 0 Å². The molecule has 6 nitrogen and oxygen atoms in total. The van der Waals surface area contributed by atoms with Crippen molar-refractivity contribution in [2.75, 3.05) is 0 Å². The lowest BCUT2D eigenvalue weighted by Gasteiger charge is -2.09. The van der Waals surface area contributed by atoms with Gasteiger partial charge in [-0.15, -0.1) is 5.10 Å². The number of hydrogen-bond acceptors (Lipinski definition) is 4. The lowest BCUT2D eigenvalue weighted by Crippen LogP contribution is -2.22. The highest BCUT2D eigenvalue weighted by Crippen LogP contribution is 2.22. The molecule has 140 valence electrons. The Kier molecular flexibility index (Phi) is 5.01. The first-order valence-electron chi connectivity index (χ1n) is 9.16. The summed E-state index contributed by atoms with van der Waals surface area (Å²) in [5.74, 6) is 1.36. The molecule has 0 aliphatic rings. The van der Waals surface area contributed by atoms with Gasteiger partial charge in [-0.2, -0.15) is 0 Å². The summed E-state index contributed by atoms with van der Waals surface area (Å²) in [5, 5.41) is 11.1. The lowest BCUT2D eigenvalue weighted by atomic mass is 10.1. The number of para-hydroxylation sites is 1. The Hall–Kier alpha value is -3.67. The fraction of sp³-hybridized carbons (Fsp3) is 0.136. The van der Waals surface area contributed by atoms with Crippen LogP contribution in [0.5, 0.6) is 11.5 Å². The number of nitrogens with zero attached hydrogens (tertiary/aromatic N) is 3. The van der Waals surface area contributed by atoms with Gasteiger partial charge in [0.25, 0.3) is 5.91 Å². The number of aryl methyl sites for hydroxylation is 1. The van der Waals surface area contributed by atoms with E-state index >= 15 is 0 Å². The van der Waals surface area contributed by atoms with Gasteiger partial charge in [0, 0.05) is 18.7 Å². The van der Waals surface area contributed by atoms with Crippen LogP contribution in [0.15, 0.2) is 72.8 Å². The van der Waals surface area contributed by atoms with Crippen molar-refractivity contribution in [3.05, 3.63) is 83.9 Å². The maximum absolute atomic E-state index is 12.5. The Balaban J connectivity index is 1.42. The topological polar surface area (TPSA) is 69.0 Å². The maximum atomic E-state index is 12.5. The van der Waals surface area contributed by atoms with Crippen molar-refractivity contribution >= 4 is 16.9 Å². The first kappa shape index (κ1) is 17.7. The SMILES string of the molecule is CCn1nnc2cc(C(=O)NCc3cccc(Oc4ccccc4)c3)ccc21.